The Morgan fingerprint density at radius 2 is 1.91 bits per heavy atom. The number of benzene rings is 1. The lowest BCUT2D eigenvalue weighted by Gasteiger charge is -2.13. The lowest BCUT2D eigenvalue weighted by atomic mass is 10.1. The summed E-state index contributed by atoms with van der Waals surface area (Å²) in [4.78, 5) is 35.6. The molecule has 0 aliphatic carbocycles. The van der Waals surface area contributed by atoms with Crippen molar-refractivity contribution in [2.45, 2.75) is 0 Å². The lowest BCUT2D eigenvalue weighted by Crippen LogP contribution is -2.24. The van der Waals surface area contributed by atoms with Crippen molar-refractivity contribution >= 4 is 29.2 Å². The van der Waals surface area contributed by atoms with E-state index >= 15 is 0 Å². The Morgan fingerprint density at radius 3 is 2.59 bits per heavy atom. The number of nitrogens with zero attached hydrogens (tertiary/aromatic N) is 2. The number of nitrogen functional groups attached to an aromatic ring is 1. The van der Waals surface area contributed by atoms with Crippen LogP contribution in [-0.2, 0) is 0 Å². The van der Waals surface area contributed by atoms with Crippen molar-refractivity contribution < 1.29 is 9.59 Å². The number of amides is 2. The molecule has 0 bridgehead atoms. The number of aromatic nitrogens is 1. The minimum Gasteiger partial charge on any atom is -0.384 e. The number of nitrogens with one attached hydrogen (secondary N) is 1. The SMILES string of the molecule is N#Cc1cc(Cl)ccc1-n1c(N)c2c(cc1=O)C(=O)NC2=O. The summed E-state index contributed by atoms with van der Waals surface area (Å²) in [6.07, 6.45) is 0. The molecule has 3 N–H and O–H groups in total. The highest BCUT2D eigenvalue weighted by Gasteiger charge is 2.32. The number of fused-ring (bicyclic) bond motifs is 1. The van der Waals surface area contributed by atoms with Crippen molar-refractivity contribution in [1.82, 2.24) is 9.88 Å². The van der Waals surface area contributed by atoms with Gasteiger partial charge in [-0.3, -0.25) is 24.3 Å². The normalized spacial score (nSPS) is 12.7. The second-order valence-corrected chi connectivity index (χ2v) is 4.98. The minimum atomic E-state index is -0.682. The topological polar surface area (TPSA) is 118 Å². The third kappa shape index (κ3) is 1.86. The molecule has 1 aromatic heterocycles. The number of hydrogen-bond acceptors (Lipinski definition) is 5. The molecule has 1 aliphatic heterocycles. The summed E-state index contributed by atoms with van der Waals surface area (Å²) in [5.74, 6) is -1.56. The third-order valence-corrected chi connectivity index (χ3v) is 3.51. The van der Waals surface area contributed by atoms with Crippen molar-refractivity contribution in [3.8, 4) is 11.8 Å². The number of imide groups is 1. The number of anilines is 1. The van der Waals surface area contributed by atoms with Crippen LogP contribution in [0.15, 0.2) is 29.1 Å². The van der Waals surface area contributed by atoms with Gasteiger partial charge in [-0.2, -0.15) is 5.26 Å². The molecule has 0 spiro atoms. The first-order chi connectivity index (χ1) is 10.4. The number of carbonyl (C=O) groups excluding carboxylic acids is 2. The number of rotatable bonds is 1. The molecule has 1 aromatic carbocycles. The van der Waals surface area contributed by atoms with Gasteiger partial charge in [-0.15, -0.1) is 0 Å². The largest absolute Gasteiger partial charge is 0.384 e. The molecule has 0 radical (unpaired) electrons. The predicted octanol–water partition coefficient (Wildman–Crippen LogP) is 0.828. The zero-order valence-corrected chi connectivity index (χ0v) is 11.6. The zero-order valence-electron chi connectivity index (χ0n) is 10.9. The summed E-state index contributed by atoms with van der Waals surface area (Å²) in [5.41, 5.74) is 5.41. The Labute approximate surface area is 128 Å². The van der Waals surface area contributed by atoms with Crippen LogP contribution in [-0.4, -0.2) is 16.4 Å². The Morgan fingerprint density at radius 1 is 1.18 bits per heavy atom. The second kappa shape index (κ2) is 4.72. The van der Waals surface area contributed by atoms with Gasteiger partial charge in [0.25, 0.3) is 17.4 Å². The summed E-state index contributed by atoms with van der Waals surface area (Å²) in [7, 11) is 0. The summed E-state index contributed by atoms with van der Waals surface area (Å²) >= 11 is 5.82. The van der Waals surface area contributed by atoms with E-state index in [0.717, 1.165) is 10.6 Å². The Bertz CT molecular complexity index is 956. The molecule has 2 amide bonds. The smallest absolute Gasteiger partial charge is 0.262 e. The third-order valence-electron chi connectivity index (χ3n) is 3.27. The molecule has 0 saturated carbocycles. The Balaban J connectivity index is 2.38. The number of hydrogen-bond donors (Lipinski definition) is 2. The highest BCUT2D eigenvalue weighted by atomic mass is 35.5. The Kier molecular flexibility index (Phi) is 2.97. The molecule has 3 rings (SSSR count). The number of nitrogens with two attached hydrogens (primary N) is 1. The summed E-state index contributed by atoms with van der Waals surface area (Å²) in [5, 5.41) is 11.6. The number of halogens is 1. The van der Waals surface area contributed by atoms with E-state index in [0.29, 0.717) is 5.02 Å². The van der Waals surface area contributed by atoms with E-state index in [1.165, 1.54) is 18.2 Å². The van der Waals surface area contributed by atoms with Gasteiger partial charge in [0.2, 0.25) is 0 Å². The van der Waals surface area contributed by atoms with E-state index in [9.17, 15) is 19.6 Å². The van der Waals surface area contributed by atoms with Crippen LogP contribution in [0.25, 0.3) is 5.69 Å². The first-order valence-electron chi connectivity index (χ1n) is 6.05. The molecule has 0 atom stereocenters. The molecule has 2 aromatic rings. The van der Waals surface area contributed by atoms with Gasteiger partial charge in [0.15, 0.2) is 0 Å². The Hall–Kier alpha value is -3.11. The quantitative estimate of drug-likeness (QED) is 0.756. The average molecular weight is 315 g/mol. The van der Waals surface area contributed by atoms with Gasteiger partial charge in [0.1, 0.15) is 11.9 Å². The van der Waals surface area contributed by atoms with E-state index in [1.54, 1.807) is 0 Å². The molecule has 0 saturated heterocycles. The number of carbonyl (C=O) groups is 2. The first kappa shape index (κ1) is 13.9. The van der Waals surface area contributed by atoms with Gasteiger partial charge in [0.05, 0.1) is 22.4 Å². The van der Waals surface area contributed by atoms with Crippen molar-refractivity contribution in [1.29, 1.82) is 5.26 Å². The van der Waals surface area contributed by atoms with Crippen LogP contribution < -0.4 is 16.6 Å². The van der Waals surface area contributed by atoms with Gasteiger partial charge in [-0.25, -0.2) is 0 Å². The first-order valence-corrected chi connectivity index (χ1v) is 6.43. The summed E-state index contributed by atoms with van der Waals surface area (Å²) in [6.45, 7) is 0. The maximum atomic E-state index is 12.3. The predicted molar refractivity (Wildman–Crippen MR) is 78.0 cm³/mol. The van der Waals surface area contributed by atoms with E-state index in [4.69, 9.17) is 17.3 Å². The molecule has 108 valence electrons. The van der Waals surface area contributed by atoms with E-state index in [1.807, 2.05) is 6.07 Å². The molecular formula is C14H7ClN4O3. The van der Waals surface area contributed by atoms with E-state index in [2.05, 4.69) is 5.32 Å². The van der Waals surface area contributed by atoms with Crippen molar-refractivity contribution in [3.05, 3.63) is 56.3 Å². The van der Waals surface area contributed by atoms with Crippen LogP contribution in [0.5, 0.6) is 0 Å². The monoisotopic (exact) mass is 314 g/mol. The van der Waals surface area contributed by atoms with Crippen LogP contribution in [0.4, 0.5) is 5.82 Å². The summed E-state index contributed by atoms with van der Waals surface area (Å²) < 4.78 is 1.01. The molecule has 7 nitrogen and oxygen atoms in total. The van der Waals surface area contributed by atoms with Gasteiger partial charge in [-0.05, 0) is 18.2 Å². The molecular weight excluding hydrogens is 308 g/mol. The fourth-order valence-electron chi connectivity index (χ4n) is 2.32. The van der Waals surface area contributed by atoms with Crippen LogP contribution >= 0.6 is 11.6 Å². The molecule has 0 fully saturated rings. The van der Waals surface area contributed by atoms with Gasteiger partial charge in [0, 0.05) is 11.1 Å². The van der Waals surface area contributed by atoms with Gasteiger partial charge >= 0.3 is 0 Å². The maximum absolute atomic E-state index is 12.3. The second-order valence-electron chi connectivity index (χ2n) is 4.55. The highest BCUT2D eigenvalue weighted by Crippen LogP contribution is 2.25. The van der Waals surface area contributed by atoms with E-state index < -0.39 is 17.4 Å². The van der Waals surface area contributed by atoms with Crippen molar-refractivity contribution in [3.63, 3.8) is 0 Å². The van der Waals surface area contributed by atoms with Crippen LogP contribution in [0.3, 0.4) is 0 Å². The molecule has 8 heteroatoms. The van der Waals surface area contributed by atoms with Crippen LogP contribution in [0.1, 0.15) is 26.3 Å². The van der Waals surface area contributed by atoms with Gasteiger partial charge < -0.3 is 5.73 Å². The van der Waals surface area contributed by atoms with Crippen molar-refractivity contribution in [2.75, 3.05) is 5.73 Å². The maximum Gasteiger partial charge on any atom is 0.262 e. The molecule has 22 heavy (non-hydrogen) atoms. The standard InChI is InChI=1S/C14H7ClN4O3/c15-7-1-2-9(6(3-7)5-16)19-10(20)4-8-11(12(19)17)14(22)18-13(8)21/h1-4H,17H2,(H,18,21,22). The number of nitriles is 1. The average Bonchev–Trinajstić information content (AvgIpc) is 2.75. The fraction of sp³-hybridized carbons (Fsp3) is 0. The van der Waals surface area contributed by atoms with E-state index in [-0.39, 0.29) is 28.2 Å². The van der Waals surface area contributed by atoms with Crippen LogP contribution in [0.2, 0.25) is 5.02 Å². The molecule has 1 aliphatic rings. The zero-order chi connectivity index (χ0) is 16.0. The summed E-state index contributed by atoms with van der Waals surface area (Å²) in [6, 6.07) is 7.23. The molecule has 0 unspecified atom stereocenters. The minimum absolute atomic E-state index is 0.0729. The highest BCUT2D eigenvalue weighted by molar-refractivity contribution is 6.30. The van der Waals surface area contributed by atoms with Crippen LogP contribution in [0, 0.1) is 11.3 Å². The fourth-order valence-corrected chi connectivity index (χ4v) is 2.49. The van der Waals surface area contributed by atoms with Gasteiger partial charge in [-0.1, -0.05) is 11.6 Å². The number of pyridine rings is 1. The lowest BCUT2D eigenvalue weighted by molar-refractivity contribution is 0.0880. The van der Waals surface area contributed by atoms with Crippen molar-refractivity contribution in [2.24, 2.45) is 0 Å². The molecule has 2 heterocycles.